The van der Waals surface area contributed by atoms with Crippen molar-refractivity contribution in [3.63, 3.8) is 0 Å². The van der Waals surface area contributed by atoms with Crippen LogP contribution in [0.1, 0.15) is 181 Å². The van der Waals surface area contributed by atoms with Crippen molar-refractivity contribution in [2.75, 3.05) is 26.4 Å². The van der Waals surface area contributed by atoms with Gasteiger partial charge in [0, 0.05) is 19.4 Å². The molecule has 3 N–H and O–H groups in total. The van der Waals surface area contributed by atoms with Crippen molar-refractivity contribution in [1.29, 1.82) is 0 Å². The smallest absolute Gasteiger partial charge is 0.463 e. The second-order valence-corrected chi connectivity index (χ2v) is 15.7. The molecule has 0 aliphatic carbocycles. The van der Waals surface area contributed by atoms with E-state index in [1.54, 1.807) is 0 Å². The molecule has 0 rings (SSSR count). The van der Waals surface area contributed by atoms with Crippen molar-refractivity contribution in [1.82, 2.24) is 5.32 Å². The number of allylic oxidation sites excluding steroid dienone is 10. The SMILES string of the molecule is CC/C=C\C/C=C\C/C=C\C/C=C\C/C=C\CCCCCCCC(=O)NCCOP(=O)(O)OCC(O)COC(=O)CCCCCCCCCCCCCCC. The van der Waals surface area contributed by atoms with Gasteiger partial charge in [0.25, 0.3) is 0 Å². The van der Waals surface area contributed by atoms with Crippen LogP contribution in [0.4, 0.5) is 0 Å². The predicted molar refractivity (Wildman–Crippen MR) is 229 cm³/mol. The van der Waals surface area contributed by atoms with Crippen LogP contribution in [0, 0.1) is 0 Å². The highest BCUT2D eigenvalue weighted by Crippen LogP contribution is 2.42. The molecule has 0 saturated heterocycles. The first-order valence-corrected chi connectivity index (χ1v) is 23.3. The zero-order valence-electron chi connectivity index (χ0n) is 34.9. The highest BCUT2D eigenvalue weighted by Gasteiger charge is 2.23. The molecule has 0 fully saturated rings. The standard InChI is InChI=1S/C45H80NO8P/c1-3-5-7-9-11-13-15-17-18-19-20-21-22-23-24-26-27-29-31-33-35-37-44(48)46-39-40-53-55(50,51)54-42-43(47)41-52-45(49)38-36-34-32-30-28-25-16-14-12-10-8-6-4-2/h5,7,11,13,17-18,20-21,23-24,43,47H,3-4,6,8-10,12,14-16,19,22,25-42H2,1-2H3,(H,46,48)(H,50,51)/b7-5-,13-11-,18-17-,21-20-,24-23-. The average Bonchev–Trinajstić information content (AvgIpc) is 3.17. The Bertz CT molecular complexity index is 1090. The predicted octanol–water partition coefficient (Wildman–Crippen LogP) is 12.1. The monoisotopic (exact) mass is 794 g/mol. The number of carbonyl (C=O) groups excluding carboxylic acids is 2. The number of ether oxygens (including phenoxy) is 1. The molecule has 0 bridgehead atoms. The molecule has 0 aromatic heterocycles. The Morgan fingerprint density at radius 1 is 0.582 bits per heavy atom. The molecule has 0 aromatic carbocycles. The molecule has 10 heteroatoms. The Hall–Kier alpha value is -2.29. The molecule has 1 amide bonds. The van der Waals surface area contributed by atoms with E-state index in [0.717, 1.165) is 89.9 Å². The van der Waals surface area contributed by atoms with Crippen molar-refractivity contribution in [3.8, 4) is 0 Å². The zero-order valence-corrected chi connectivity index (χ0v) is 35.7. The summed E-state index contributed by atoms with van der Waals surface area (Å²) in [6, 6.07) is 0. The third kappa shape index (κ3) is 42.7. The third-order valence-corrected chi connectivity index (χ3v) is 9.95. The van der Waals surface area contributed by atoms with E-state index in [1.165, 1.54) is 64.2 Å². The van der Waals surface area contributed by atoms with Crippen LogP contribution in [0.5, 0.6) is 0 Å². The van der Waals surface area contributed by atoms with Gasteiger partial charge in [0.05, 0.1) is 13.2 Å². The van der Waals surface area contributed by atoms with Crippen molar-refractivity contribution in [2.45, 2.75) is 187 Å². The molecule has 0 spiro atoms. The van der Waals surface area contributed by atoms with Gasteiger partial charge in [-0.25, -0.2) is 4.57 Å². The Kier molecular flexibility index (Phi) is 39.6. The molecule has 2 atom stereocenters. The number of hydrogen-bond donors (Lipinski definition) is 3. The van der Waals surface area contributed by atoms with Gasteiger partial charge in [-0.2, -0.15) is 0 Å². The van der Waals surface area contributed by atoms with Crippen LogP contribution in [0.25, 0.3) is 0 Å². The number of nitrogens with one attached hydrogen (secondary N) is 1. The summed E-state index contributed by atoms with van der Waals surface area (Å²) in [5.41, 5.74) is 0. The van der Waals surface area contributed by atoms with Crippen LogP contribution in [0.15, 0.2) is 60.8 Å². The van der Waals surface area contributed by atoms with E-state index < -0.39 is 26.5 Å². The molecule has 318 valence electrons. The quantitative estimate of drug-likeness (QED) is 0.0242. The summed E-state index contributed by atoms with van der Waals surface area (Å²) in [7, 11) is -4.42. The molecular formula is C45H80NO8P. The number of esters is 1. The van der Waals surface area contributed by atoms with E-state index >= 15 is 0 Å². The van der Waals surface area contributed by atoms with E-state index in [4.69, 9.17) is 13.8 Å². The number of aliphatic hydroxyl groups is 1. The Balaban J connectivity index is 3.64. The molecule has 0 radical (unpaired) electrons. The number of phosphoric ester groups is 1. The lowest BCUT2D eigenvalue weighted by Gasteiger charge is -2.15. The van der Waals surface area contributed by atoms with Crippen LogP contribution in [0.2, 0.25) is 0 Å². The Labute approximate surface area is 336 Å². The number of phosphoric acid groups is 1. The van der Waals surface area contributed by atoms with Crippen LogP contribution in [-0.2, 0) is 27.9 Å². The minimum absolute atomic E-state index is 0.0688. The van der Waals surface area contributed by atoms with Crippen LogP contribution in [-0.4, -0.2) is 54.3 Å². The number of carbonyl (C=O) groups is 2. The number of aliphatic hydroxyl groups excluding tert-OH is 1. The van der Waals surface area contributed by atoms with E-state index in [9.17, 15) is 24.2 Å². The highest BCUT2D eigenvalue weighted by atomic mass is 31.2. The first-order chi connectivity index (χ1) is 26.8. The molecule has 0 heterocycles. The summed E-state index contributed by atoms with van der Waals surface area (Å²) in [4.78, 5) is 33.9. The number of rotatable bonds is 40. The van der Waals surface area contributed by atoms with Gasteiger partial charge in [0.15, 0.2) is 0 Å². The molecule has 2 unspecified atom stereocenters. The van der Waals surface area contributed by atoms with Crippen LogP contribution < -0.4 is 5.32 Å². The lowest BCUT2D eigenvalue weighted by atomic mass is 10.0. The van der Waals surface area contributed by atoms with E-state index in [2.05, 4.69) is 79.9 Å². The third-order valence-electron chi connectivity index (χ3n) is 8.96. The van der Waals surface area contributed by atoms with Gasteiger partial charge in [-0.15, -0.1) is 0 Å². The fourth-order valence-corrected chi connectivity index (χ4v) is 6.46. The number of hydrogen-bond acceptors (Lipinski definition) is 7. The minimum Gasteiger partial charge on any atom is -0.463 e. The van der Waals surface area contributed by atoms with Crippen LogP contribution >= 0.6 is 7.82 Å². The molecule has 9 nitrogen and oxygen atoms in total. The van der Waals surface area contributed by atoms with Gasteiger partial charge in [-0.1, -0.05) is 171 Å². The van der Waals surface area contributed by atoms with E-state index in [-0.39, 0.29) is 32.1 Å². The van der Waals surface area contributed by atoms with Gasteiger partial charge in [0.2, 0.25) is 5.91 Å². The second kappa shape index (κ2) is 41.3. The van der Waals surface area contributed by atoms with Gasteiger partial charge < -0.3 is 20.1 Å². The maximum absolute atomic E-state index is 12.1. The summed E-state index contributed by atoms with van der Waals surface area (Å²) in [6.07, 6.45) is 48.6. The minimum atomic E-state index is -4.42. The first-order valence-electron chi connectivity index (χ1n) is 21.8. The van der Waals surface area contributed by atoms with E-state index in [0.29, 0.717) is 6.42 Å². The Morgan fingerprint density at radius 2 is 1.04 bits per heavy atom. The molecule has 0 aliphatic heterocycles. The Morgan fingerprint density at radius 3 is 1.56 bits per heavy atom. The van der Waals surface area contributed by atoms with Crippen molar-refractivity contribution in [3.05, 3.63) is 60.8 Å². The fraction of sp³-hybridized carbons (Fsp3) is 0.733. The number of amides is 1. The topological polar surface area (TPSA) is 131 Å². The maximum Gasteiger partial charge on any atom is 0.472 e. The molecular weight excluding hydrogens is 713 g/mol. The summed E-state index contributed by atoms with van der Waals surface area (Å²) >= 11 is 0. The molecule has 0 saturated carbocycles. The zero-order chi connectivity index (χ0) is 40.3. The van der Waals surface area contributed by atoms with Gasteiger partial charge in [0.1, 0.15) is 12.7 Å². The summed E-state index contributed by atoms with van der Waals surface area (Å²) < 4.78 is 26.8. The normalized spacial score (nSPS) is 13.9. The summed E-state index contributed by atoms with van der Waals surface area (Å²) in [6.45, 7) is 3.41. The first kappa shape index (κ1) is 52.7. The van der Waals surface area contributed by atoms with E-state index in [1.807, 2.05) is 0 Å². The summed E-state index contributed by atoms with van der Waals surface area (Å²) in [5, 5.41) is 12.7. The molecule has 0 aliphatic rings. The number of unbranched alkanes of at least 4 members (excludes halogenated alkanes) is 17. The average molecular weight is 794 g/mol. The van der Waals surface area contributed by atoms with Gasteiger partial charge in [-0.3, -0.25) is 18.6 Å². The van der Waals surface area contributed by atoms with Crippen molar-refractivity contribution in [2.24, 2.45) is 0 Å². The lowest BCUT2D eigenvalue weighted by Crippen LogP contribution is -2.27. The van der Waals surface area contributed by atoms with Crippen molar-refractivity contribution < 1.29 is 37.9 Å². The lowest BCUT2D eigenvalue weighted by molar-refractivity contribution is -0.147. The maximum atomic E-state index is 12.1. The van der Waals surface area contributed by atoms with Crippen LogP contribution in [0.3, 0.4) is 0 Å². The highest BCUT2D eigenvalue weighted by molar-refractivity contribution is 7.47. The fourth-order valence-electron chi connectivity index (χ4n) is 5.70. The molecule has 55 heavy (non-hydrogen) atoms. The van der Waals surface area contributed by atoms with Gasteiger partial charge in [-0.05, 0) is 57.8 Å². The largest absolute Gasteiger partial charge is 0.472 e. The van der Waals surface area contributed by atoms with Crippen molar-refractivity contribution >= 4 is 19.7 Å². The summed E-state index contributed by atoms with van der Waals surface area (Å²) in [5.74, 6) is -0.536. The van der Waals surface area contributed by atoms with Gasteiger partial charge >= 0.3 is 13.8 Å². The molecule has 0 aromatic rings. The second-order valence-electron chi connectivity index (χ2n) is 14.3.